The molecule has 4 aromatic rings. The molecule has 0 N–H and O–H groups in total. The highest BCUT2D eigenvalue weighted by molar-refractivity contribution is 8.15. The van der Waals surface area contributed by atoms with Gasteiger partial charge in [0.15, 0.2) is 9.51 Å². The third kappa shape index (κ3) is 3.50. The summed E-state index contributed by atoms with van der Waals surface area (Å²) in [6, 6.07) is 19.4. The van der Waals surface area contributed by atoms with Gasteiger partial charge in [0.05, 0.1) is 22.2 Å². The number of thiazole rings is 1. The second-order valence-corrected chi connectivity index (χ2v) is 8.71. The summed E-state index contributed by atoms with van der Waals surface area (Å²) in [6.45, 7) is 2.02. The fourth-order valence-corrected chi connectivity index (χ4v) is 5.05. The van der Waals surface area contributed by atoms with Gasteiger partial charge < -0.3 is 4.42 Å². The summed E-state index contributed by atoms with van der Waals surface area (Å²) < 4.78 is 7.31. The molecule has 29 heavy (non-hydrogen) atoms. The molecule has 1 aliphatic heterocycles. The normalized spacial score (nSPS) is 15.5. The largest absolute Gasteiger partial charge is 0.465 e. The number of nitrogens with zero attached hydrogens (tertiary/aromatic N) is 3. The number of anilines is 1. The van der Waals surface area contributed by atoms with Crippen molar-refractivity contribution in [2.45, 2.75) is 11.3 Å². The van der Waals surface area contributed by atoms with Crippen molar-refractivity contribution < 1.29 is 9.21 Å². The zero-order valence-electron chi connectivity index (χ0n) is 15.4. The van der Waals surface area contributed by atoms with Crippen LogP contribution in [0.15, 0.2) is 86.4 Å². The van der Waals surface area contributed by atoms with Crippen molar-refractivity contribution in [3.8, 4) is 0 Å². The van der Waals surface area contributed by atoms with Crippen molar-refractivity contribution in [1.29, 1.82) is 0 Å². The van der Waals surface area contributed by atoms with Gasteiger partial charge in [0, 0.05) is 6.08 Å². The number of thioether (sulfide) groups is 1. The molecule has 0 unspecified atom stereocenters. The van der Waals surface area contributed by atoms with Gasteiger partial charge >= 0.3 is 0 Å². The first kappa shape index (κ1) is 17.9. The number of para-hydroxylation sites is 1. The fraction of sp³-hybridized carbons (Fsp3) is 0.0455. The SMILES string of the molecule is Cc1ccc(N2C(=O)/C(=C/c3ccco3)N=C2Sc2nc3ccccc3s2)cc1. The fourth-order valence-electron chi connectivity index (χ4n) is 2.97. The average Bonchev–Trinajstić information content (AvgIpc) is 3.43. The highest BCUT2D eigenvalue weighted by atomic mass is 32.2. The number of carbonyl (C=O) groups is 1. The number of hydrogen-bond donors (Lipinski definition) is 0. The van der Waals surface area contributed by atoms with Crippen molar-refractivity contribution in [3.63, 3.8) is 0 Å². The van der Waals surface area contributed by atoms with E-state index in [1.807, 2.05) is 55.5 Å². The Kier molecular flexibility index (Phi) is 4.54. The van der Waals surface area contributed by atoms with Gasteiger partial charge in [-0.15, -0.1) is 11.3 Å². The lowest BCUT2D eigenvalue weighted by Crippen LogP contribution is -2.30. The zero-order chi connectivity index (χ0) is 19.8. The number of carbonyl (C=O) groups excluding carboxylic acids is 1. The molecule has 0 spiro atoms. The monoisotopic (exact) mass is 417 g/mol. The quantitative estimate of drug-likeness (QED) is 0.399. The highest BCUT2D eigenvalue weighted by Crippen LogP contribution is 2.36. The number of hydrogen-bond acceptors (Lipinski definition) is 6. The Morgan fingerprint density at radius 1 is 1.07 bits per heavy atom. The summed E-state index contributed by atoms with van der Waals surface area (Å²) in [7, 11) is 0. The first-order valence-electron chi connectivity index (χ1n) is 8.96. The van der Waals surface area contributed by atoms with E-state index in [0.717, 1.165) is 25.8 Å². The Morgan fingerprint density at radius 3 is 2.66 bits per heavy atom. The first-order chi connectivity index (χ1) is 14.2. The number of benzene rings is 2. The standard InChI is InChI=1S/C22H15N3O2S2/c1-14-8-10-15(11-9-14)25-20(26)18(13-16-5-4-12-27-16)23-21(25)29-22-24-17-6-2-3-7-19(17)28-22/h2-13H,1H3/b18-13-. The maximum absolute atomic E-state index is 13.2. The summed E-state index contributed by atoms with van der Waals surface area (Å²) in [4.78, 5) is 24.1. The van der Waals surface area contributed by atoms with Crippen molar-refractivity contribution in [1.82, 2.24) is 4.98 Å². The molecule has 0 saturated carbocycles. The summed E-state index contributed by atoms with van der Waals surface area (Å²) in [5, 5.41) is 0.579. The lowest BCUT2D eigenvalue weighted by atomic mass is 10.2. The van der Waals surface area contributed by atoms with Crippen LogP contribution in [0.3, 0.4) is 0 Å². The smallest absolute Gasteiger partial charge is 0.283 e. The number of amides is 1. The van der Waals surface area contributed by atoms with E-state index in [9.17, 15) is 4.79 Å². The molecule has 5 rings (SSSR count). The predicted octanol–water partition coefficient (Wildman–Crippen LogP) is 5.73. The molecule has 1 aliphatic rings. The van der Waals surface area contributed by atoms with Crippen LogP contribution in [0, 0.1) is 6.92 Å². The second kappa shape index (κ2) is 7.35. The maximum Gasteiger partial charge on any atom is 0.283 e. The lowest BCUT2D eigenvalue weighted by Gasteiger charge is -2.17. The van der Waals surface area contributed by atoms with E-state index in [1.54, 1.807) is 40.7 Å². The Hall–Kier alpha value is -3.16. The van der Waals surface area contributed by atoms with Crippen molar-refractivity contribution >= 4 is 56.2 Å². The van der Waals surface area contributed by atoms with Gasteiger partial charge in [-0.05, 0) is 55.1 Å². The van der Waals surface area contributed by atoms with E-state index in [0.29, 0.717) is 16.6 Å². The number of fused-ring (bicyclic) bond motifs is 1. The molecule has 0 atom stereocenters. The number of aryl methyl sites for hydroxylation is 1. The topological polar surface area (TPSA) is 58.7 Å². The van der Waals surface area contributed by atoms with E-state index in [1.165, 1.54) is 11.8 Å². The van der Waals surface area contributed by atoms with Gasteiger partial charge in [-0.3, -0.25) is 9.69 Å². The van der Waals surface area contributed by atoms with Gasteiger partial charge in [0.2, 0.25) is 0 Å². The van der Waals surface area contributed by atoms with Gasteiger partial charge in [-0.1, -0.05) is 29.8 Å². The Labute approximate surface area is 175 Å². The molecule has 2 aromatic heterocycles. The van der Waals surface area contributed by atoms with E-state index >= 15 is 0 Å². The maximum atomic E-state index is 13.2. The number of rotatable bonds is 3. The second-order valence-electron chi connectivity index (χ2n) is 6.47. The number of amidine groups is 1. The molecule has 3 heterocycles. The van der Waals surface area contributed by atoms with E-state index in [-0.39, 0.29) is 5.91 Å². The average molecular weight is 418 g/mol. The molecule has 2 aromatic carbocycles. The van der Waals surface area contributed by atoms with E-state index in [2.05, 4.69) is 9.98 Å². The third-order valence-electron chi connectivity index (χ3n) is 4.40. The zero-order valence-corrected chi connectivity index (χ0v) is 17.0. The van der Waals surface area contributed by atoms with Crippen LogP contribution in [0.4, 0.5) is 5.69 Å². The van der Waals surface area contributed by atoms with Gasteiger partial charge in [0.1, 0.15) is 11.5 Å². The summed E-state index contributed by atoms with van der Waals surface area (Å²) in [5.41, 5.74) is 3.18. The van der Waals surface area contributed by atoms with E-state index < -0.39 is 0 Å². The molecule has 0 radical (unpaired) electrons. The van der Waals surface area contributed by atoms with Crippen molar-refractivity contribution in [2.75, 3.05) is 4.90 Å². The molecule has 0 fully saturated rings. The van der Waals surface area contributed by atoms with E-state index in [4.69, 9.17) is 4.42 Å². The Balaban J connectivity index is 1.55. The Morgan fingerprint density at radius 2 is 1.90 bits per heavy atom. The minimum atomic E-state index is -0.186. The lowest BCUT2D eigenvalue weighted by molar-refractivity contribution is -0.113. The molecular formula is C22H15N3O2S2. The molecule has 142 valence electrons. The van der Waals surface area contributed by atoms with Gasteiger partial charge in [-0.25, -0.2) is 9.98 Å². The van der Waals surface area contributed by atoms with Crippen LogP contribution >= 0.6 is 23.1 Å². The molecule has 7 heteroatoms. The summed E-state index contributed by atoms with van der Waals surface area (Å²) >= 11 is 2.98. The minimum absolute atomic E-state index is 0.186. The first-order valence-corrected chi connectivity index (χ1v) is 10.6. The van der Waals surface area contributed by atoms with Crippen LogP contribution in [0.5, 0.6) is 0 Å². The highest BCUT2D eigenvalue weighted by Gasteiger charge is 2.33. The van der Waals surface area contributed by atoms with Crippen molar-refractivity contribution in [2.24, 2.45) is 4.99 Å². The number of aromatic nitrogens is 1. The molecular weight excluding hydrogens is 402 g/mol. The van der Waals surface area contributed by atoms with Crippen LogP contribution in [0.2, 0.25) is 0 Å². The molecule has 0 saturated heterocycles. The number of aliphatic imine (C=N–C) groups is 1. The molecule has 1 amide bonds. The Bertz CT molecular complexity index is 1220. The summed E-state index contributed by atoms with van der Waals surface area (Å²) in [5.74, 6) is 0.404. The van der Waals surface area contributed by atoms with Crippen LogP contribution in [-0.2, 0) is 4.79 Å². The number of furan rings is 1. The van der Waals surface area contributed by atoms with Crippen LogP contribution < -0.4 is 4.90 Å². The molecule has 0 aliphatic carbocycles. The van der Waals surface area contributed by atoms with Crippen LogP contribution in [0.1, 0.15) is 11.3 Å². The predicted molar refractivity (Wildman–Crippen MR) is 118 cm³/mol. The van der Waals surface area contributed by atoms with Crippen LogP contribution in [-0.4, -0.2) is 16.1 Å². The minimum Gasteiger partial charge on any atom is -0.465 e. The molecule has 5 nitrogen and oxygen atoms in total. The van der Waals surface area contributed by atoms with Crippen molar-refractivity contribution in [3.05, 3.63) is 83.9 Å². The van der Waals surface area contributed by atoms with Gasteiger partial charge in [0.25, 0.3) is 5.91 Å². The third-order valence-corrected chi connectivity index (χ3v) is 6.45. The molecule has 0 bridgehead atoms. The summed E-state index contributed by atoms with van der Waals surface area (Å²) in [6.07, 6.45) is 3.24. The van der Waals surface area contributed by atoms with Crippen LogP contribution in [0.25, 0.3) is 16.3 Å². The van der Waals surface area contributed by atoms with Gasteiger partial charge in [-0.2, -0.15) is 0 Å².